The zero-order valence-electron chi connectivity index (χ0n) is 16.4. The predicted molar refractivity (Wildman–Crippen MR) is 112 cm³/mol. The maximum Gasteiger partial charge on any atom is 0.250 e. The zero-order valence-corrected chi connectivity index (χ0v) is 17.9. The van der Waals surface area contributed by atoms with E-state index in [0.717, 1.165) is 0 Å². The van der Waals surface area contributed by atoms with E-state index < -0.39 is 17.6 Å². The van der Waals surface area contributed by atoms with Crippen molar-refractivity contribution in [2.24, 2.45) is 0 Å². The average molecular weight is 440 g/mol. The number of hydrogen-bond acceptors (Lipinski definition) is 5. The quantitative estimate of drug-likeness (QED) is 0.579. The molecule has 0 saturated heterocycles. The molecule has 9 heteroatoms. The molecule has 2 N–H and O–H groups in total. The van der Waals surface area contributed by atoms with Gasteiger partial charge in [0.05, 0.1) is 18.4 Å². The average Bonchev–Trinajstić information content (AvgIpc) is 2.65. The normalized spacial score (nSPS) is 12.2. The van der Waals surface area contributed by atoms with E-state index in [2.05, 4.69) is 15.6 Å². The van der Waals surface area contributed by atoms with Gasteiger partial charge >= 0.3 is 0 Å². The number of amides is 2. The number of benzene rings is 1. The Hall–Kier alpha value is -2.35. The van der Waals surface area contributed by atoms with Gasteiger partial charge in [-0.15, -0.1) is 0 Å². The van der Waals surface area contributed by atoms with Crippen molar-refractivity contribution in [3.63, 3.8) is 0 Å². The van der Waals surface area contributed by atoms with Crippen LogP contribution in [-0.2, 0) is 20.9 Å². The molecule has 2 rings (SSSR count). The first-order valence-corrected chi connectivity index (χ1v) is 9.61. The van der Waals surface area contributed by atoms with Crippen LogP contribution in [0.25, 0.3) is 0 Å². The number of pyridine rings is 1. The van der Waals surface area contributed by atoms with Crippen LogP contribution in [0, 0.1) is 0 Å². The summed E-state index contributed by atoms with van der Waals surface area (Å²) in [7, 11) is 0. The summed E-state index contributed by atoms with van der Waals surface area (Å²) in [6.45, 7) is 5.80. The molecule has 0 unspecified atom stereocenters. The SMILES string of the molecule is CC(C)(C)OC[C@H](NC=O)C(=O)Nc1ccc(OCc2c(Cl)cccc2Cl)cn1. The second kappa shape index (κ2) is 10.4. The Morgan fingerprint density at radius 3 is 2.45 bits per heavy atom. The lowest BCUT2D eigenvalue weighted by molar-refractivity contribution is -0.124. The van der Waals surface area contributed by atoms with E-state index in [1.165, 1.54) is 6.20 Å². The molecule has 1 heterocycles. The Bertz CT molecular complexity index is 818. The summed E-state index contributed by atoms with van der Waals surface area (Å²) in [5.74, 6) is 0.356. The molecule has 0 aliphatic rings. The summed E-state index contributed by atoms with van der Waals surface area (Å²) in [5, 5.41) is 6.10. The largest absolute Gasteiger partial charge is 0.487 e. The number of aromatic nitrogens is 1. The summed E-state index contributed by atoms with van der Waals surface area (Å²) in [5.41, 5.74) is 0.236. The third kappa shape index (κ3) is 7.53. The highest BCUT2D eigenvalue weighted by atomic mass is 35.5. The fourth-order valence-electron chi connectivity index (χ4n) is 2.19. The molecule has 1 atom stereocenters. The van der Waals surface area contributed by atoms with Crippen LogP contribution < -0.4 is 15.4 Å². The van der Waals surface area contributed by atoms with Gasteiger partial charge in [0.1, 0.15) is 24.2 Å². The summed E-state index contributed by atoms with van der Waals surface area (Å²) < 4.78 is 11.2. The topological polar surface area (TPSA) is 89.5 Å². The number of anilines is 1. The van der Waals surface area contributed by atoms with Crippen LogP contribution in [0.5, 0.6) is 5.75 Å². The lowest BCUT2D eigenvalue weighted by Crippen LogP contribution is -2.45. The Morgan fingerprint density at radius 1 is 1.21 bits per heavy atom. The van der Waals surface area contributed by atoms with Crippen LogP contribution >= 0.6 is 23.2 Å². The minimum atomic E-state index is -0.841. The second-order valence-electron chi connectivity index (χ2n) is 7.12. The fourth-order valence-corrected chi connectivity index (χ4v) is 2.70. The maximum atomic E-state index is 12.4. The highest BCUT2D eigenvalue weighted by Crippen LogP contribution is 2.25. The van der Waals surface area contributed by atoms with Gasteiger partial charge in [0.25, 0.3) is 5.91 Å². The van der Waals surface area contributed by atoms with Crippen LogP contribution in [0.15, 0.2) is 36.5 Å². The minimum Gasteiger partial charge on any atom is -0.487 e. The molecule has 29 heavy (non-hydrogen) atoms. The third-order valence-electron chi connectivity index (χ3n) is 3.70. The maximum absolute atomic E-state index is 12.4. The van der Waals surface area contributed by atoms with E-state index in [0.29, 0.717) is 33.6 Å². The molecule has 7 nitrogen and oxygen atoms in total. The molecule has 0 aliphatic heterocycles. The standard InChI is InChI=1S/C20H23Cl2N3O4/c1-20(2,3)29-11-17(24-12-26)19(27)25-18-8-7-13(9-23-18)28-10-14-15(21)5-4-6-16(14)22/h4-9,12,17H,10-11H2,1-3H3,(H,24,26)(H,23,25,27)/t17-/m0/s1. The van der Waals surface area contributed by atoms with Crippen LogP contribution in [0.3, 0.4) is 0 Å². The van der Waals surface area contributed by atoms with Crippen molar-refractivity contribution in [2.75, 3.05) is 11.9 Å². The molecular formula is C20H23Cl2N3O4. The highest BCUT2D eigenvalue weighted by Gasteiger charge is 2.22. The van der Waals surface area contributed by atoms with Gasteiger partial charge in [-0.25, -0.2) is 4.98 Å². The van der Waals surface area contributed by atoms with Crippen molar-refractivity contribution in [3.8, 4) is 5.75 Å². The van der Waals surface area contributed by atoms with Gasteiger partial charge in [-0.1, -0.05) is 29.3 Å². The molecule has 0 fully saturated rings. The van der Waals surface area contributed by atoms with E-state index in [-0.39, 0.29) is 13.2 Å². The lowest BCUT2D eigenvalue weighted by Gasteiger charge is -2.23. The number of nitrogens with one attached hydrogen (secondary N) is 2. The van der Waals surface area contributed by atoms with Crippen molar-refractivity contribution < 1.29 is 19.1 Å². The first kappa shape index (κ1) is 22.9. The molecule has 0 saturated carbocycles. The van der Waals surface area contributed by atoms with Crippen LogP contribution in [0.1, 0.15) is 26.3 Å². The van der Waals surface area contributed by atoms with E-state index in [1.807, 2.05) is 20.8 Å². The van der Waals surface area contributed by atoms with Gasteiger partial charge in [0, 0.05) is 15.6 Å². The number of hydrogen-bond donors (Lipinski definition) is 2. The summed E-state index contributed by atoms with van der Waals surface area (Å²) in [6, 6.07) is 7.62. The van der Waals surface area contributed by atoms with Gasteiger partial charge in [0.15, 0.2) is 0 Å². The number of nitrogens with zero attached hydrogens (tertiary/aromatic N) is 1. The van der Waals surface area contributed by atoms with Crippen molar-refractivity contribution in [1.29, 1.82) is 0 Å². The van der Waals surface area contributed by atoms with Crippen molar-refractivity contribution in [2.45, 2.75) is 39.0 Å². The predicted octanol–water partition coefficient (Wildman–Crippen LogP) is 3.84. The molecule has 0 bridgehead atoms. The van der Waals surface area contributed by atoms with Crippen molar-refractivity contribution in [3.05, 3.63) is 52.1 Å². The van der Waals surface area contributed by atoms with Gasteiger partial charge in [0.2, 0.25) is 6.41 Å². The number of ether oxygens (including phenoxy) is 2. The number of carbonyl (C=O) groups excluding carboxylic acids is 2. The van der Waals surface area contributed by atoms with E-state index in [4.69, 9.17) is 32.7 Å². The molecule has 2 aromatic rings. The molecule has 1 aromatic heterocycles. The molecule has 1 aromatic carbocycles. The summed E-state index contributed by atoms with van der Waals surface area (Å²) >= 11 is 12.2. The number of carbonyl (C=O) groups is 2. The zero-order chi connectivity index (χ0) is 21.4. The number of halogens is 2. The Kier molecular flexibility index (Phi) is 8.25. The smallest absolute Gasteiger partial charge is 0.250 e. The van der Waals surface area contributed by atoms with Crippen LogP contribution in [-0.4, -0.2) is 35.6 Å². The Morgan fingerprint density at radius 2 is 1.90 bits per heavy atom. The molecule has 156 valence electrons. The molecular weight excluding hydrogens is 417 g/mol. The molecule has 0 spiro atoms. The first-order chi connectivity index (χ1) is 13.7. The Labute approximate surface area is 179 Å². The first-order valence-electron chi connectivity index (χ1n) is 8.86. The lowest BCUT2D eigenvalue weighted by atomic mass is 10.2. The fraction of sp³-hybridized carbons (Fsp3) is 0.350. The second-order valence-corrected chi connectivity index (χ2v) is 7.93. The monoisotopic (exact) mass is 439 g/mol. The third-order valence-corrected chi connectivity index (χ3v) is 4.41. The molecule has 0 aliphatic carbocycles. The van der Waals surface area contributed by atoms with Gasteiger partial charge in [-0.3, -0.25) is 9.59 Å². The van der Waals surface area contributed by atoms with Crippen LogP contribution in [0.4, 0.5) is 5.82 Å². The van der Waals surface area contributed by atoms with Gasteiger partial charge < -0.3 is 20.1 Å². The van der Waals surface area contributed by atoms with Crippen LogP contribution in [0.2, 0.25) is 10.0 Å². The summed E-state index contributed by atoms with van der Waals surface area (Å²) in [6.07, 6.45) is 1.93. The van der Waals surface area contributed by atoms with E-state index in [1.54, 1.807) is 30.3 Å². The summed E-state index contributed by atoms with van der Waals surface area (Å²) in [4.78, 5) is 27.3. The van der Waals surface area contributed by atoms with Gasteiger partial charge in [-0.2, -0.15) is 0 Å². The van der Waals surface area contributed by atoms with E-state index in [9.17, 15) is 9.59 Å². The van der Waals surface area contributed by atoms with Crippen molar-refractivity contribution >= 4 is 41.3 Å². The van der Waals surface area contributed by atoms with E-state index >= 15 is 0 Å². The Balaban J connectivity index is 1.94. The molecule has 2 amide bonds. The number of rotatable bonds is 9. The molecule has 0 radical (unpaired) electrons. The minimum absolute atomic E-state index is 0.0356. The van der Waals surface area contributed by atoms with Gasteiger partial charge in [-0.05, 0) is 45.0 Å². The van der Waals surface area contributed by atoms with Crippen molar-refractivity contribution in [1.82, 2.24) is 10.3 Å². The highest BCUT2D eigenvalue weighted by molar-refractivity contribution is 6.35.